The smallest absolute Gasteiger partial charge is 0.405 e. The minimum absolute atomic E-state index is 0.312. The molecule has 0 aliphatic heterocycles. The Labute approximate surface area is 148 Å². The van der Waals surface area contributed by atoms with E-state index in [1.807, 2.05) is 0 Å². The molecule has 1 aliphatic carbocycles. The highest BCUT2D eigenvalue weighted by atomic mass is 35.5. The van der Waals surface area contributed by atoms with Crippen LogP contribution < -0.4 is 5.43 Å². The summed E-state index contributed by atoms with van der Waals surface area (Å²) in [5.41, 5.74) is 4.43. The number of halogens is 1. The van der Waals surface area contributed by atoms with Gasteiger partial charge in [-0.3, -0.25) is 14.9 Å². The van der Waals surface area contributed by atoms with Crippen molar-refractivity contribution in [1.29, 1.82) is 0 Å². The zero-order chi connectivity index (χ0) is 17.8. The molecule has 2 aromatic rings. The standard InChI is InChI=1S/C17H14ClN3O4/c18-12-7-4-11(5-8-12)6-9-16(22)20-19-14-2-1-3-15-13(14)10-17(25-15)21(23)24/h4-10H,1-3H2,(H,20,22)/b9-6+,19-14+. The quantitative estimate of drug-likeness (QED) is 0.511. The summed E-state index contributed by atoms with van der Waals surface area (Å²) in [6.07, 6.45) is 4.99. The first-order valence-corrected chi connectivity index (χ1v) is 7.98. The van der Waals surface area contributed by atoms with Crippen molar-refractivity contribution < 1.29 is 14.1 Å². The molecule has 1 aromatic carbocycles. The second kappa shape index (κ2) is 7.31. The Morgan fingerprint density at radius 3 is 2.80 bits per heavy atom. The maximum absolute atomic E-state index is 11.9. The van der Waals surface area contributed by atoms with Gasteiger partial charge in [0.2, 0.25) is 0 Å². The average Bonchev–Trinajstić information content (AvgIpc) is 3.04. The lowest BCUT2D eigenvalue weighted by Crippen LogP contribution is -2.19. The van der Waals surface area contributed by atoms with Crippen LogP contribution in [0.4, 0.5) is 5.88 Å². The molecule has 1 aromatic heterocycles. The summed E-state index contributed by atoms with van der Waals surface area (Å²) >= 11 is 5.80. The summed E-state index contributed by atoms with van der Waals surface area (Å²) in [6.45, 7) is 0. The van der Waals surface area contributed by atoms with Gasteiger partial charge in [-0.1, -0.05) is 23.7 Å². The van der Waals surface area contributed by atoms with Crippen molar-refractivity contribution in [2.75, 3.05) is 0 Å². The topological polar surface area (TPSA) is 97.7 Å². The van der Waals surface area contributed by atoms with Gasteiger partial charge in [0.05, 0.1) is 11.8 Å². The van der Waals surface area contributed by atoms with Crippen molar-refractivity contribution in [3.63, 3.8) is 0 Å². The van der Waals surface area contributed by atoms with Crippen LogP contribution in [0.2, 0.25) is 5.02 Å². The predicted octanol–water partition coefficient (Wildman–Crippen LogP) is 3.71. The molecule has 0 unspecified atom stereocenters. The van der Waals surface area contributed by atoms with Gasteiger partial charge in [0.25, 0.3) is 5.91 Å². The Balaban J connectivity index is 1.69. The first kappa shape index (κ1) is 16.9. The lowest BCUT2D eigenvalue weighted by molar-refractivity contribution is -0.402. The summed E-state index contributed by atoms with van der Waals surface area (Å²) in [4.78, 5) is 22.1. The van der Waals surface area contributed by atoms with Crippen LogP contribution >= 0.6 is 11.6 Å². The number of carbonyl (C=O) groups is 1. The first-order valence-electron chi connectivity index (χ1n) is 7.60. The van der Waals surface area contributed by atoms with Crippen LogP contribution in [0.1, 0.15) is 29.7 Å². The average molecular weight is 360 g/mol. The van der Waals surface area contributed by atoms with E-state index in [2.05, 4.69) is 10.5 Å². The Bertz CT molecular complexity index is 869. The van der Waals surface area contributed by atoms with Gasteiger partial charge in [0.15, 0.2) is 0 Å². The second-order valence-corrected chi connectivity index (χ2v) is 5.89. The van der Waals surface area contributed by atoms with Gasteiger partial charge in [-0.25, -0.2) is 5.43 Å². The normalized spacial score (nSPS) is 15.3. The molecule has 25 heavy (non-hydrogen) atoms. The maximum atomic E-state index is 11.9. The SMILES string of the molecule is O=C(/C=C/c1ccc(Cl)cc1)N/N=C1\CCCc2oc([N+](=O)[O-])cc21. The van der Waals surface area contributed by atoms with Gasteiger partial charge in [-0.05, 0) is 36.6 Å². The Hall–Kier alpha value is -2.93. The molecule has 8 heteroatoms. The molecule has 3 rings (SSSR count). The highest BCUT2D eigenvalue weighted by molar-refractivity contribution is 6.30. The molecule has 0 saturated carbocycles. The van der Waals surface area contributed by atoms with Gasteiger partial charge in [-0.15, -0.1) is 0 Å². The predicted molar refractivity (Wildman–Crippen MR) is 93.5 cm³/mol. The number of hydrogen-bond donors (Lipinski definition) is 1. The molecule has 7 nitrogen and oxygen atoms in total. The zero-order valence-corrected chi connectivity index (χ0v) is 13.8. The number of hydrazone groups is 1. The van der Waals surface area contributed by atoms with E-state index in [9.17, 15) is 14.9 Å². The van der Waals surface area contributed by atoms with E-state index in [0.717, 1.165) is 12.0 Å². The summed E-state index contributed by atoms with van der Waals surface area (Å²) in [5.74, 6) is -0.177. The molecule has 0 fully saturated rings. The fourth-order valence-corrected chi connectivity index (χ4v) is 2.63. The number of amides is 1. The Kier molecular flexibility index (Phi) is 4.95. The molecular formula is C17H14ClN3O4. The highest BCUT2D eigenvalue weighted by Gasteiger charge is 2.25. The van der Waals surface area contributed by atoms with Crippen molar-refractivity contribution in [2.24, 2.45) is 5.10 Å². The van der Waals surface area contributed by atoms with Crippen molar-refractivity contribution in [2.45, 2.75) is 19.3 Å². The van der Waals surface area contributed by atoms with Crippen molar-refractivity contribution in [3.8, 4) is 0 Å². The van der Waals surface area contributed by atoms with E-state index in [4.69, 9.17) is 16.0 Å². The number of furan rings is 1. The van der Waals surface area contributed by atoms with Gasteiger partial charge in [0.1, 0.15) is 10.7 Å². The number of hydrogen-bond acceptors (Lipinski definition) is 5. The van der Waals surface area contributed by atoms with E-state index < -0.39 is 10.8 Å². The number of aryl methyl sites for hydroxylation is 1. The lowest BCUT2D eigenvalue weighted by atomic mass is 9.97. The second-order valence-electron chi connectivity index (χ2n) is 5.45. The van der Waals surface area contributed by atoms with Crippen LogP contribution in [-0.4, -0.2) is 16.5 Å². The molecule has 0 saturated heterocycles. The number of nitrogens with zero attached hydrogens (tertiary/aromatic N) is 2. The number of nitrogens with one attached hydrogen (secondary N) is 1. The molecule has 0 spiro atoms. The summed E-state index contributed by atoms with van der Waals surface area (Å²) < 4.78 is 5.20. The van der Waals surface area contributed by atoms with E-state index in [0.29, 0.717) is 34.9 Å². The third-order valence-corrected chi connectivity index (χ3v) is 3.95. The first-order chi connectivity index (χ1) is 12.0. The monoisotopic (exact) mass is 359 g/mol. The Morgan fingerprint density at radius 2 is 2.08 bits per heavy atom. The lowest BCUT2D eigenvalue weighted by Gasteiger charge is -2.11. The zero-order valence-electron chi connectivity index (χ0n) is 13.1. The Morgan fingerprint density at radius 1 is 1.32 bits per heavy atom. The number of fused-ring (bicyclic) bond motifs is 1. The summed E-state index contributed by atoms with van der Waals surface area (Å²) in [6, 6.07) is 8.39. The third-order valence-electron chi connectivity index (χ3n) is 3.70. The fraction of sp³-hybridized carbons (Fsp3) is 0.176. The third kappa shape index (κ3) is 4.13. The number of rotatable bonds is 4. The number of nitro groups is 1. The molecule has 0 atom stereocenters. The van der Waals surface area contributed by atoms with Crippen LogP contribution in [0.25, 0.3) is 6.08 Å². The molecule has 0 bridgehead atoms. The van der Waals surface area contributed by atoms with Crippen LogP contribution in [0.3, 0.4) is 0 Å². The van der Waals surface area contributed by atoms with Gasteiger partial charge < -0.3 is 4.42 Å². The summed E-state index contributed by atoms with van der Waals surface area (Å²) in [5, 5.41) is 15.5. The molecule has 1 N–H and O–H groups in total. The number of benzene rings is 1. The van der Waals surface area contributed by atoms with E-state index in [-0.39, 0.29) is 5.88 Å². The molecule has 128 valence electrons. The van der Waals surface area contributed by atoms with Crippen LogP contribution in [0.15, 0.2) is 45.9 Å². The molecule has 1 aliphatic rings. The van der Waals surface area contributed by atoms with Gasteiger partial charge >= 0.3 is 5.88 Å². The molecular weight excluding hydrogens is 346 g/mol. The van der Waals surface area contributed by atoms with Gasteiger partial charge in [0, 0.05) is 23.1 Å². The van der Waals surface area contributed by atoms with Crippen molar-refractivity contribution in [3.05, 3.63) is 68.4 Å². The maximum Gasteiger partial charge on any atom is 0.433 e. The molecule has 0 radical (unpaired) electrons. The van der Waals surface area contributed by atoms with E-state index in [1.165, 1.54) is 12.1 Å². The molecule has 1 heterocycles. The van der Waals surface area contributed by atoms with Crippen LogP contribution in [0.5, 0.6) is 0 Å². The van der Waals surface area contributed by atoms with Gasteiger partial charge in [-0.2, -0.15) is 5.10 Å². The van der Waals surface area contributed by atoms with Crippen molar-refractivity contribution >= 4 is 35.2 Å². The highest BCUT2D eigenvalue weighted by Crippen LogP contribution is 2.28. The summed E-state index contributed by atoms with van der Waals surface area (Å²) in [7, 11) is 0. The molecule has 1 amide bonds. The fourth-order valence-electron chi connectivity index (χ4n) is 2.51. The largest absolute Gasteiger partial charge is 0.433 e. The van der Waals surface area contributed by atoms with Crippen molar-refractivity contribution in [1.82, 2.24) is 5.43 Å². The van der Waals surface area contributed by atoms with E-state index in [1.54, 1.807) is 30.3 Å². The van der Waals surface area contributed by atoms with E-state index >= 15 is 0 Å². The van der Waals surface area contributed by atoms with Crippen LogP contribution in [-0.2, 0) is 11.2 Å². The number of carbonyl (C=O) groups excluding carboxylic acids is 1. The minimum Gasteiger partial charge on any atom is -0.405 e. The minimum atomic E-state index is -0.580. The van der Waals surface area contributed by atoms with Crippen LogP contribution in [0, 0.1) is 10.1 Å².